The lowest BCUT2D eigenvalue weighted by molar-refractivity contribution is -0.123. The number of aliphatic hydroxyl groups excluding tert-OH is 6. The van der Waals surface area contributed by atoms with E-state index in [4.69, 9.17) is 30.6 Å². The van der Waals surface area contributed by atoms with Crippen LogP contribution in [0.1, 0.15) is 0 Å². The molecule has 13 heavy (non-hydrogen) atoms. The lowest BCUT2D eigenvalue weighted by atomic mass is 10.0. The molecule has 0 spiro atoms. The highest BCUT2D eigenvalue weighted by Gasteiger charge is 2.29. The van der Waals surface area contributed by atoms with Crippen LogP contribution in [-0.2, 0) is 0 Å². The first-order chi connectivity index (χ1) is 5.54. The third-order valence-corrected chi connectivity index (χ3v) is 1.51. The van der Waals surface area contributed by atoms with Crippen molar-refractivity contribution in [2.75, 3.05) is 13.2 Å². The Morgan fingerprint density at radius 1 is 0.692 bits per heavy atom. The van der Waals surface area contributed by atoms with Gasteiger partial charge in [0.05, 0.1) is 13.2 Å². The summed E-state index contributed by atoms with van der Waals surface area (Å²) < 4.78 is 0. The Kier molecular flexibility index (Phi) is 9.30. The van der Waals surface area contributed by atoms with Crippen molar-refractivity contribution in [1.29, 1.82) is 0 Å². The van der Waals surface area contributed by atoms with Crippen molar-refractivity contribution in [2.45, 2.75) is 24.4 Å². The third kappa shape index (κ3) is 4.91. The smallest absolute Gasteiger partial charge is 0.111 e. The van der Waals surface area contributed by atoms with Crippen LogP contribution in [0.5, 0.6) is 0 Å². The molecule has 0 aliphatic carbocycles. The molecule has 4 atom stereocenters. The predicted molar refractivity (Wildman–Crippen MR) is 44.0 cm³/mol. The summed E-state index contributed by atoms with van der Waals surface area (Å²) >= 11 is 0. The van der Waals surface area contributed by atoms with Crippen molar-refractivity contribution < 1.29 is 30.6 Å². The van der Waals surface area contributed by atoms with E-state index in [1.165, 1.54) is 0 Å². The molecule has 0 saturated heterocycles. The Bertz CT molecular complexity index is 110. The summed E-state index contributed by atoms with van der Waals surface area (Å²) in [6.07, 6.45) is -6.39. The quantitative estimate of drug-likeness (QED) is 0.257. The molecule has 0 heterocycles. The van der Waals surface area contributed by atoms with Gasteiger partial charge in [0.2, 0.25) is 0 Å². The molecule has 0 fully saturated rings. The highest BCUT2D eigenvalue weighted by molar-refractivity contribution is 5.75. The van der Waals surface area contributed by atoms with E-state index in [0.717, 1.165) is 0 Å². The van der Waals surface area contributed by atoms with Gasteiger partial charge in [0.25, 0.3) is 0 Å². The van der Waals surface area contributed by atoms with Gasteiger partial charge >= 0.3 is 0 Å². The molecule has 0 aliphatic heterocycles. The van der Waals surface area contributed by atoms with Crippen LogP contribution in [0.25, 0.3) is 0 Å². The molecule has 3 radical (unpaired) electrons. The van der Waals surface area contributed by atoms with Crippen LogP contribution in [0.15, 0.2) is 0 Å². The fourth-order valence-electron chi connectivity index (χ4n) is 0.671. The van der Waals surface area contributed by atoms with Crippen LogP contribution in [0.2, 0.25) is 0 Å². The Balaban J connectivity index is 0. The van der Waals surface area contributed by atoms with Crippen molar-refractivity contribution >= 4 is 17.4 Å². The molecule has 0 unspecified atom stereocenters. The zero-order valence-corrected chi connectivity index (χ0v) is 8.14. The van der Waals surface area contributed by atoms with Crippen LogP contribution in [0, 0.1) is 0 Å². The maximum atomic E-state index is 8.96. The van der Waals surface area contributed by atoms with Gasteiger partial charge in [-0.1, -0.05) is 0 Å². The largest absolute Gasteiger partial charge is 0.394 e. The lowest BCUT2D eigenvalue weighted by Crippen LogP contribution is -2.46. The number of aliphatic hydroxyl groups is 6. The topological polar surface area (TPSA) is 121 Å². The molecule has 0 amide bonds. The minimum Gasteiger partial charge on any atom is -0.394 e. The molecule has 6 N–H and O–H groups in total. The fraction of sp³-hybridized carbons (Fsp3) is 1.00. The highest BCUT2D eigenvalue weighted by Crippen LogP contribution is 2.03. The number of rotatable bonds is 5. The monoisotopic (exact) mass is 209 g/mol. The molecule has 77 valence electrons. The van der Waals surface area contributed by atoms with Crippen molar-refractivity contribution in [3.05, 3.63) is 0 Å². The molecular weight excluding hydrogens is 195 g/mol. The summed E-state index contributed by atoms with van der Waals surface area (Å²) in [4.78, 5) is 0. The second-order valence-electron chi connectivity index (χ2n) is 2.48. The van der Waals surface area contributed by atoms with Crippen molar-refractivity contribution in [3.8, 4) is 0 Å². The minimum atomic E-state index is -1.67. The molecule has 0 aromatic rings. The first-order valence-corrected chi connectivity index (χ1v) is 3.48. The second-order valence-corrected chi connectivity index (χ2v) is 2.48. The van der Waals surface area contributed by atoms with Gasteiger partial charge < -0.3 is 30.6 Å². The second kappa shape index (κ2) is 7.67. The molecule has 0 saturated carbocycles. The van der Waals surface area contributed by atoms with E-state index in [1.807, 2.05) is 0 Å². The van der Waals surface area contributed by atoms with E-state index in [0.29, 0.717) is 0 Å². The van der Waals surface area contributed by atoms with Crippen LogP contribution in [0.4, 0.5) is 0 Å². The first kappa shape index (κ1) is 15.8. The van der Waals surface area contributed by atoms with E-state index < -0.39 is 37.6 Å². The average Bonchev–Trinajstić information content (AvgIpc) is 2.12. The Morgan fingerprint density at radius 3 is 1.08 bits per heavy atom. The Morgan fingerprint density at radius 2 is 0.923 bits per heavy atom. The van der Waals surface area contributed by atoms with Gasteiger partial charge in [0.15, 0.2) is 0 Å². The summed E-state index contributed by atoms with van der Waals surface area (Å²) in [5.41, 5.74) is 0. The normalized spacial score (nSPS) is 19.8. The summed E-state index contributed by atoms with van der Waals surface area (Å²) in [6, 6.07) is 0. The highest BCUT2D eigenvalue weighted by atomic mass is 27.0. The molecule has 0 aromatic carbocycles. The van der Waals surface area contributed by atoms with E-state index >= 15 is 0 Å². The Hall–Kier alpha value is 0.292. The number of hydrogen-bond acceptors (Lipinski definition) is 6. The minimum absolute atomic E-state index is 0. The van der Waals surface area contributed by atoms with Gasteiger partial charge in [-0.2, -0.15) is 0 Å². The van der Waals surface area contributed by atoms with Crippen molar-refractivity contribution in [1.82, 2.24) is 0 Å². The molecule has 0 rings (SSSR count). The van der Waals surface area contributed by atoms with Crippen LogP contribution < -0.4 is 0 Å². The van der Waals surface area contributed by atoms with Crippen LogP contribution in [-0.4, -0.2) is 85.6 Å². The van der Waals surface area contributed by atoms with E-state index in [2.05, 4.69) is 0 Å². The Labute approximate surface area is 86.2 Å². The summed E-state index contributed by atoms with van der Waals surface area (Å²) in [5, 5.41) is 52.2. The first-order valence-electron chi connectivity index (χ1n) is 3.48. The van der Waals surface area contributed by atoms with Gasteiger partial charge in [-0.05, 0) is 0 Å². The van der Waals surface area contributed by atoms with Gasteiger partial charge in [0.1, 0.15) is 24.4 Å². The van der Waals surface area contributed by atoms with Gasteiger partial charge in [-0.15, -0.1) is 0 Å². The van der Waals surface area contributed by atoms with E-state index in [-0.39, 0.29) is 17.4 Å². The lowest BCUT2D eigenvalue weighted by Gasteiger charge is -2.24. The summed E-state index contributed by atoms with van der Waals surface area (Å²) in [7, 11) is 0. The van der Waals surface area contributed by atoms with Gasteiger partial charge in [-0.25, -0.2) is 0 Å². The third-order valence-electron chi connectivity index (χ3n) is 1.51. The summed E-state index contributed by atoms with van der Waals surface area (Å²) in [5.74, 6) is 0. The zero-order valence-electron chi connectivity index (χ0n) is 6.98. The molecule has 7 heteroatoms. The van der Waals surface area contributed by atoms with Gasteiger partial charge in [0, 0.05) is 17.4 Å². The maximum Gasteiger partial charge on any atom is 0.111 e. The van der Waals surface area contributed by atoms with E-state index in [1.54, 1.807) is 0 Å². The number of hydrogen-bond donors (Lipinski definition) is 6. The van der Waals surface area contributed by atoms with Crippen molar-refractivity contribution in [2.24, 2.45) is 0 Å². The fourth-order valence-corrected chi connectivity index (χ4v) is 0.671. The predicted octanol–water partition coefficient (Wildman–Crippen LogP) is -3.97. The molecule has 0 aromatic heterocycles. The van der Waals surface area contributed by atoms with E-state index in [9.17, 15) is 0 Å². The van der Waals surface area contributed by atoms with Gasteiger partial charge in [-0.3, -0.25) is 0 Å². The van der Waals surface area contributed by atoms with Crippen LogP contribution >= 0.6 is 0 Å². The molecule has 0 aliphatic rings. The molecular formula is C6H14AlO6. The SMILES string of the molecule is OC[C@@H](O)[C@@H](O)[C@H](O)[C@@H](O)CO.[Al]. The maximum absolute atomic E-state index is 8.96. The average molecular weight is 209 g/mol. The molecule has 0 bridgehead atoms. The molecule has 6 nitrogen and oxygen atoms in total. The standard InChI is InChI=1S/C6H14O6.Al/c7-1-3(9)5(11)6(12)4(10)2-8;/h3-12H,1-2H2;/t3-,4+,5-,6-;/m1./s1. The zero-order chi connectivity index (χ0) is 9.72. The van der Waals surface area contributed by atoms with Crippen LogP contribution in [0.3, 0.4) is 0 Å². The summed E-state index contributed by atoms with van der Waals surface area (Å²) in [6.45, 7) is -1.45. The van der Waals surface area contributed by atoms with Crippen molar-refractivity contribution in [3.63, 3.8) is 0 Å².